The van der Waals surface area contributed by atoms with Gasteiger partial charge in [-0.3, -0.25) is 4.79 Å². The third-order valence-corrected chi connectivity index (χ3v) is 6.54. The summed E-state index contributed by atoms with van der Waals surface area (Å²) in [7, 11) is 0. The summed E-state index contributed by atoms with van der Waals surface area (Å²) >= 11 is 6.09. The summed E-state index contributed by atoms with van der Waals surface area (Å²) in [5.41, 5.74) is 4.70. The molecular formula is C25H23ClN6O. The number of imidazole rings is 1. The molecule has 1 unspecified atom stereocenters. The standard InChI is InChI=1S/C25H23ClN6O/c26-18-3-1-2-16(8-18)20-9-21(20)31-25(33)22-10-23(29-14-28-22)27-11-19-13-32-12-17(15-4-5-15)6-7-24(32)30-19/h1-3,6-8,10,12-15,20-21H,4-5,9,11H2,(H,31,33)(H,27,28,29)/t20-,21?/m1/s1. The summed E-state index contributed by atoms with van der Waals surface area (Å²) in [5.74, 6) is 1.39. The van der Waals surface area contributed by atoms with Crippen molar-refractivity contribution in [3.05, 3.63) is 88.7 Å². The molecule has 4 aromatic rings. The average Bonchev–Trinajstić information content (AvgIpc) is 3.75. The van der Waals surface area contributed by atoms with Gasteiger partial charge in [0.05, 0.1) is 12.2 Å². The zero-order valence-electron chi connectivity index (χ0n) is 17.9. The number of fused-ring (bicyclic) bond motifs is 1. The van der Waals surface area contributed by atoms with E-state index >= 15 is 0 Å². The van der Waals surface area contributed by atoms with Crippen LogP contribution in [-0.2, 0) is 6.54 Å². The Morgan fingerprint density at radius 1 is 1.09 bits per heavy atom. The quantitative estimate of drug-likeness (QED) is 0.424. The van der Waals surface area contributed by atoms with E-state index in [1.54, 1.807) is 6.07 Å². The molecule has 0 bridgehead atoms. The molecule has 2 aliphatic rings. The first kappa shape index (κ1) is 20.2. The molecule has 33 heavy (non-hydrogen) atoms. The Morgan fingerprint density at radius 3 is 2.85 bits per heavy atom. The molecule has 1 aromatic carbocycles. The number of nitrogens with zero attached hydrogens (tertiary/aromatic N) is 4. The Hall–Kier alpha value is -3.45. The fraction of sp³-hybridized carbons (Fsp3) is 0.280. The van der Waals surface area contributed by atoms with Gasteiger partial charge in [-0.05, 0) is 54.5 Å². The number of rotatable bonds is 7. The van der Waals surface area contributed by atoms with E-state index in [0.717, 1.165) is 23.3 Å². The lowest BCUT2D eigenvalue weighted by Gasteiger charge is -2.07. The third kappa shape index (κ3) is 4.41. The van der Waals surface area contributed by atoms with Crippen molar-refractivity contribution in [2.45, 2.75) is 43.7 Å². The topological polar surface area (TPSA) is 84.2 Å². The van der Waals surface area contributed by atoms with Gasteiger partial charge in [0.1, 0.15) is 23.5 Å². The van der Waals surface area contributed by atoms with Gasteiger partial charge in [-0.15, -0.1) is 0 Å². The van der Waals surface area contributed by atoms with Crippen LogP contribution in [0.5, 0.6) is 0 Å². The molecule has 2 saturated carbocycles. The summed E-state index contributed by atoms with van der Waals surface area (Å²) in [6.07, 6.45) is 9.07. The van der Waals surface area contributed by atoms with E-state index in [1.807, 2.05) is 30.5 Å². The third-order valence-electron chi connectivity index (χ3n) is 6.31. The highest BCUT2D eigenvalue weighted by Crippen LogP contribution is 2.41. The minimum absolute atomic E-state index is 0.0980. The van der Waals surface area contributed by atoms with Gasteiger partial charge in [0.2, 0.25) is 0 Å². The van der Waals surface area contributed by atoms with Gasteiger partial charge in [-0.2, -0.15) is 0 Å². The van der Waals surface area contributed by atoms with E-state index < -0.39 is 0 Å². The zero-order chi connectivity index (χ0) is 22.4. The molecule has 8 heteroatoms. The van der Waals surface area contributed by atoms with Crippen molar-refractivity contribution < 1.29 is 4.79 Å². The van der Waals surface area contributed by atoms with Crippen molar-refractivity contribution in [2.75, 3.05) is 5.32 Å². The second kappa shape index (κ2) is 8.15. The normalized spacial score (nSPS) is 19.4. The number of anilines is 1. The molecule has 0 saturated heterocycles. The second-order valence-electron chi connectivity index (χ2n) is 8.85. The van der Waals surface area contributed by atoms with Crippen LogP contribution in [-0.4, -0.2) is 31.3 Å². The Balaban J connectivity index is 1.08. The molecule has 2 N–H and O–H groups in total. The number of hydrogen-bond acceptors (Lipinski definition) is 5. The highest BCUT2D eigenvalue weighted by atomic mass is 35.5. The van der Waals surface area contributed by atoms with E-state index in [1.165, 1.54) is 24.7 Å². The fourth-order valence-corrected chi connectivity index (χ4v) is 4.47. The molecule has 6 rings (SSSR count). The molecule has 0 radical (unpaired) electrons. The van der Waals surface area contributed by atoms with Crippen LogP contribution >= 0.6 is 11.6 Å². The molecule has 166 valence electrons. The highest BCUT2D eigenvalue weighted by Gasteiger charge is 2.39. The Morgan fingerprint density at radius 2 is 2.00 bits per heavy atom. The van der Waals surface area contributed by atoms with Crippen LogP contribution in [0.15, 0.2) is 61.2 Å². The molecule has 2 aliphatic carbocycles. The molecule has 3 aromatic heterocycles. The van der Waals surface area contributed by atoms with Gasteiger partial charge in [0.15, 0.2) is 0 Å². The number of hydrogen-bond donors (Lipinski definition) is 2. The number of benzene rings is 1. The van der Waals surface area contributed by atoms with Crippen molar-refractivity contribution in [1.82, 2.24) is 24.7 Å². The molecule has 2 fully saturated rings. The van der Waals surface area contributed by atoms with E-state index in [4.69, 9.17) is 11.6 Å². The summed E-state index contributed by atoms with van der Waals surface area (Å²) in [6, 6.07) is 13.8. The van der Waals surface area contributed by atoms with Crippen LogP contribution in [0.2, 0.25) is 5.02 Å². The monoisotopic (exact) mass is 458 g/mol. The lowest BCUT2D eigenvalue weighted by molar-refractivity contribution is 0.0945. The highest BCUT2D eigenvalue weighted by molar-refractivity contribution is 6.30. The van der Waals surface area contributed by atoms with E-state index in [9.17, 15) is 4.79 Å². The molecule has 2 atom stereocenters. The average molecular weight is 459 g/mol. The Bertz CT molecular complexity index is 1350. The summed E-state index contributed by atoms with van der Waals surface area (Å²) in [6.45, 7) is 0.512. The number of halogens is 1. The van der Waals surface area contributed by atoms with Gasteiger partial charge in [-0.1, -0.05) is 29.8 Å². The summed E-state index contributed by atoms with van der Waals surface area (Å²) < 4.78 is 2.08. The van der Waals surface area contributed by atoms with Crippen molar-refractivity contribution in [3.8, 4) is 0 Å². The lowest BCUT2D eigenvalue weighted by Crippen LogP contribution is -2.27. The lowest BCUT2D eigenvalue weighted by atomic mass is 10.1. The van der Waals surface area contributed by atoms with Crippen LogP contribution in [0.1, 0.15) is 58.4 Å². The van der Waals surface area contributed by atoms with Crippen molar-refractivity contribution in [3.63, 3.8) is 0 Å². The van der Waals surface area contributed by atoms with Gasteiger partial charge >= 0.3 is 0 Å². The van der Waals surface area contributed by atoms with Crippen molar-refractivity contribution >= 4 is 29.0 Å². The fourth-order valence-electron chi connectivity index (χ4n) is 4.27. The van der Waals surface area contributed by atoms with Crippen molar-refractivity contribution in [2.24, 2.45) is 0 Å². The number of aromatic nitrogens is 4. The SMILES string of the molecule is O=C(NC1C[C@@H]1c1cccc(Cl)c1)c1cc(NCc2cn3cc(C4CC4)ccc3n2)ncn1. The minimum Gasteiger partial charge on any atom is -0.364 e. The van der Waals surface area contributed by atoms with Crippen LogP contribution in [0.25, 0.3) is 5.65 Å². The van der Waals surface area contributed by atoms with Crippen molar-refractivity contribution in [1.29, 1.82) is 0 Å². The molecule has 0 spiro atoms. The van der Waals surface area contributed by atoms with Gasteiger partial charge < -0.3 is 15.0 Å². The maximum absolute atomic E-state index is 12.7. The number of carbonyl (C=O) groups excluding carboxylic acids is 1. The summed E-state index contributed by atoms with van der Waals surface area (Å²) in [5, 5.41) is 7.03. The Kier molecular flexibility index (Phi) is 4.99. The summed E-state index contributed by atoms with van der Waals surface area (Å²) in [4.78, 5) is 25.8. The largest absolute Gasteiger partial charge is 0.364 e. The van der Waals surface area contributed by atoms with Crippen LogP contribution in [0.4, 0.5) is 5.82 Å². The number of pyridine rings is 1. The van der Waals surface area contributed by atoms with Gasteiger partial charge in [0.25, 0.3) is 5.91 Å². The first-order chi connectivity index (χ1) is 16.1. The number of amides is 1. The molecule has 0 aliphatic heterocycles. The minimum atomic E-state index is -0.199. The van der Waals surface area contributed by atoms with Crippen LogP contribution in [0.3, 0.4) is 0 Å². The number of carbonyl (C=O) groups is 1. The molecule has 1 amide bonds. The second-order valence-corrected chi connectivity index (χ2v) is 9.29. The first-order valence-electron chi connectivity index (χ1n) is 11.2. The van der Waals surface area contributed by atoms with Crippen LogP contribution in [0, 0.1) is 0 Å². The predicted molar refractivity (Wildman–Crippen MR) is 127 cm³/mol. The maximum Gasteiger partial charge on any atom is 0.270 e. The zero-order valence-corrected chi connectivity index (χ0v) is 18.7. The van der Waals surface area contributed by atoms with E-state index in [0.29, 0.717) is 34.9 Å². The Labute approximate surface area is 196 Å². The van der Waals surface area contributed by atoms with E-state index in [2.05, 4.69) is 48.3 Å². The van der Waals surface area contributed by atoms with Gasteiger partial charge in [-0.25, -0.2) is 15.0 Å². The molecule has 7 nitrogen and oxygen atoms in total. The van der Waals surface area contributed by atoms with Gasteiger partial charge in [0, 0.05) is 35.4 Å². The first-order valence-corrected chi connectivity index (χ1v) is 11.6. The maximum atomic E-state index is 12.7. The predicted octanol–water partition coefficient (Wildman–Crippen LogP) is 4.55. The smallest absolute Gasteiger partial charge is 0.270 e. The molecule has 3 heterocycles. The number of nitrogens with one attached hydrogen (secondary N) is 2. The van der Waals surface area contributed by atoms with E-state index in [-0.39, 0.29) is 11.9 Å². The molecular weight excluding hydrogens is 436 g/mol. The van der Waals surface area contributed by atoms with Crippen LogP contribution < -0.4 is 10.6 Å².